The molecule has 0 bridgehead atoms. The molecule has 9 nitrogen and oxygen atoms in total. The number of anilines is 1. The second-order valence-corrected chi connectivity index (χ2v) is 8.81. The van der Waals surface area contributed by atoms with E-state index in [1.54, 1.807) is 22.5 Å². The lowest BCUT2D eigenvalue weighted by Crippen LogP contribution is -2.51. The van der Waals surface area contributed by atoms with Gasteiger partial charge in [-0.15, -0.1) is 0 Å². The topological polar surface area (TPSA) is 100 Å². The summed E-state index contributed by atoms with van der Waals surface area (Å²) in [6, 6.07) is 0.0637. The number of nitrogens with zero attached hydrogens (tertiary/aromatic N) is 5. The van der Waals surface area contributed by atoms with Crippen LogP contribution in [0.25, 0.3) is 11.0 Å². The maximum absolute atomic E-state index is 13.0. The van der Waals surface area contributed by atoms with Crippen molar-refractivity contribution in [1.82, 2.24) is 19.3 Å². The van der Waals surface area contributed by atoms with Crippen LogP contribution in [0.2, 0.25) is 0 Å². The first-order chi connectivity index (χ1) is 14.0. The maximum atomic E-state index is 13.0. The summed E-state index contributed by atoms with van der Waals surface area (Å²) in [5.41, 5.74) is 7.04. The molecule has 1 unspecified atom stereocenters. The Hall–Kier alpha value is -1.97. The molecule has 2 N–H and O–H groups in total. The van der Waals surface area contributed by atoms with Gasteiger partial charge in [0.15, 0.2) is 11.9 Å². The molecule has 0 saturated carbocycles. The Kier molecular flexibility index (Phi) is 4.64. The molecule has 3 aliphatic heterocycles. The largest absolute Gasteiger partial charge is 0.376 e. The number of nitrogens with two attached hydrogens (primary N) is 1. The number of rotatable bonds is 2. The van der Waals surface area contributed by atoms with E-state index in [4.69, 9.17) is 20.2 Å². The average Bonchev–Trinajstić information content (AvgIpc) is 3.30. The van der Waals surface area contributed by atoms with Crippen molar-refractivity contribution < 1.29 is 9.47 Å². The first-order valence-corrected chi connectivity index (χ1v) is 10.7. The maximum Gasteiger partial charge on any atom is 0.265 e. The standard InChI is InChI=1S/C20H30N6O3/c1-13-16(21)20(12-29-13)6-8-25(9-7-20)19-23-17-14(18(27)24(19)2)11-22-26(17)15-5-3-4-10-28-15/h11,13,15-16H,3-10,12,21H2,1-2H3/t13-,15?,16+/m0/s1. The lowest BCUT2D eigenvalue weighted by atomic mass is 9.73. The van der Waals surface area contributed by atoms with Crippen LogP contribution in [0.5, 0.6) is 0 Å². The molecular weight excluding hydrogens is 372 g/mol. The zero-order chi connectivity index (χ0) is 20.2. The van der Waals surface area contributed by atoms with Gasteiger partial charge in [0.2, 0.25) is 5.95 Å². The van der Waals surface area contributed by atoms with Gasteiger partial charge in [0, 0.05) is 38.2 Å². The van der Waals surface area contributed by atoms with Gasteiger partial charge in [-0.2, -0.15) is 10.1 Å². The highest BCUT2D eigenvalue weighted by Crippen LogP contribution is 2.41. The van der Waals surface area contributed by atoms with Gasteiger partial charge in [0.05, 0.1) is 18.9 Å². The van der Waals surface area contributed by atoms with Crippen molar-refractivity contribution in [2.75, 3.05) is 31.2 Å². The second kappa shape index (κ2) is 7.07. The fourth-order valence-corrected chi connectivity index (χ4v) is 5.09. The quantitative estimate of drug-likeness (QED) is 0.804. The van der Waals surface area contributed by atoms with Crippen LogP contribution in [-0.4, -0.2) is 57.8 Å². The first-order valence-electron chi connectivity index (χ1n) is 10.7. The Morgan fingerprint density at radius 3 is 2.69 bits per heavy atom. The molecule has 29 heavy (non-hydrogen) atoms. The lowest BCUT2D eigenvalue weighted by molar-refractivity contribution is -0.0370. The van der Waals surface area contributed by atoms with E-state index in [9.17, 15) is 4.79 Å². The van der Waals surface area contributed by atoms with E-state index in [2.05, 4.69) is 16.9 Å². The number of fused-ring (bicyclic) bond motifs is 1. The van der Waals surface area contributed by atoms with Crippen LogP contribution >= 0.6 is 0 Å². The minimum atomic E-state index is -0.145. The third-order valence-corrected chi connectivity index (χ3v) is 7.13. The number of hydrogen-bond acceptors (Lipinski definition) is 7. The normalized spacial score (nSPS) is 29.8. The Morgan fingerprint density at radius 1 is 1.24 bits per heavy atom. The second-order valence-electron chi connectivity index (χ2n) is 8.81. The lowest BCUT2D eigenvalue weighted by Gasteiger charge is -2.41. The van der Waals surface area contributed by atoms with E-state index in [0.717, 1.165) is 58.4 Å². The molecule has 5 rings (SSSR count). The minimum Gasteiger partial charge on any atom is -0.376 e. The van der Waals surface area contributed by atoms with E-state index in [1.807, 2.05) is 0 Å². The van der Waals surface area contributed by atoms with E-state index < -0.39 is 0 Å². The molecule has 0 amide bonds. The van der Waals surface area contributed by atoms with Crippen LogP contribution in [0.3, 0.4) is 0 Å². The van der Waals surface area contributed by atoms with Gasteiger partial charge >= 0.3 is 0 Å². The zero-order valence-corrected chi connectivity index (χ0v) is 17.2. The predicted molar refractivity (Wildman–Crippen MR) is 109 cm³/mol. The summed E-state index contributed by atoms with van der Waals surface area (Å²) in [6.07, 6.45) is 6.52. The van der Waals surface area contributed by atoms with Crippen molar-refractivity contribution in [1.29, 1.82) is 0 Å². The predicted octanol–water partition coefficient (Wildman–Crippen LogP) is 1.16. The molecule has 0 aliphatic carbocycles. The Morgan fingerprint density at radius 2 is 2.03 bits per heavy atom. The summed E-state index contributed by atoms with van der Waals surface area (Å²) in [6.45, 7) is 5.12. The summed E-state index contributed by atoms with van der Waals surface area (Å²) in [7, 11) is 1.79. The van der Waals surface area contributed by atoms with Gasteiger partial charge in [0.1, 0.15) is 5.39 Å². The molecule has 5 heterocycles. The summed E-state index contributed by atoms with van der Waals surface area (Å²) in [5, 5.41) is 4.99. The molecular formula is C20H30N6O3. The van der Waals surface area contributed by atoms with Crippen molar-refractivity contribution in [3.05, 3.63) is 16.6 Å². The molecule has 0 aromatic carbocycles. The molecule has 2 aromatic heterocycles. The zero-order valence-electron chi connectivity index (χ0n) is 17.2. The van der Waals surface area contributed by atoms with Crippen molar-refractivity contribution in [2.24, 2.45) is 18.2 Å². The van der Waals surface area contributed by atoms with Crippen LogP contribution in [0.4, 0.5) is 5.95 Å². The van der Waals surface area contributed by atoms with Crippen LogP contribution in [0, 0.1) is 5.41 Å². The average molecular weight is 402 g/mol. The van der Waals surface area contributed by atoms with Gasteiger partial charge in [0.25, 0.3) is 5.56 Å². The SMILES string of the molecule is C[C@@H]1OCC2(CCN(c3nc4c(cnn4C4CCCCO4)c(=O)n3C)CC2)[C@@H]1N. The van der Waals surface area contributed by atoms with E-state index in [-0.39, 0.29) is 29.3 Å². The molecule has 0 radical (unpaired) electrons. The minimum absolute atomic E-state index is 0.0383. The van der Waals surface area contributed by atoms with E-state index in [1.165, 1.54) is 0 Å². The van der Waals surface area contributed by atoms with E-state index in [0.29, 0.717) is 17.0 Å². The third-order valence-electron chi connectivity index (χ3n) is 7.13. The van der Waals surface area contributed by atoms with Crippen molar-refractivity contribution in [3.8, 4) is 0 Å². The van der Waals surface area contributed by atoms with Crippen LogP contribution in [0.15, 0.2) is 11.0 Å². The number of piperidine rings is 1. The highest BCUT2D eigenvalue weighted by molar-refractivity contribution is 5.75. The fourth-order valence-electron chi connectivity index (χ4n) is 5.09. The fraction of sp³-hybridized carbons (Fsp3) is 0.750. The van der Waals surface area contributed by atoms with Gasteiger partial charge in [-0.05, 0) is 39.0 Å². The van der Waals surface area contributed by atoms with Gasteiger partial charge < -0.3 is 20.1 Å². The van der Waals surface area contributed by atoms with Gasteiger partial charge in [-0.1, -0.05) is 0 Å². The number of hydrogen-bond donors (Lipinski definition) is 1. The summed E-state index contributed by atoms with van der Waals surface area (Å²) >= 11 is 0. The van der Waals surface area contributed by atoms with Crippen molar-refractivity contribution in [2.45, 2.75) is 57.4 Å². The smallest absolute Gasteiger partial charge is 0.265 e. The van der Waals surface area contributed by atoms with Gasteiger partial charge in [-0.25, -0.2) is 4.68 Å². The Balaban J connectivity index is 1.46. The van der Waals surface area contributed by atoms with Crippen LogP contribution in [0.1, 0.15) is 45.3 Å². The van der Waals surface area contributed by atoms with E-state index >= 15 is 0 Å². The third kappa shape index (κ3) is 2.98. The monoisotopic (exact) mass is 402 g/mol. The molecule has 3 fully saturated rings. The highest BCUT2D eigenvalue weighted by Gasteiger charge is 2.47. The molecule has 9 heteroatoms. The molecule has 1 spiro atoms. The molecule has 2 aromatic rings. The van der Waals surface area contributed by atoms with Crippen molar-refractivity contribution >= 4 is 17.0 Å². The number of aromatic nitrogens is 4. The van der Waals surface area contributed by atoms with Crippen LogP contribution < -0.4 is 16.2 Å². The summed E-state index contributed by atoms with van der Waals surface area (Å²) < 4.78 is 15.1. The van der Waals surface area contributed by atoms with Crippen molar-refractivity contribution in [3.63, 3.8) is 0 Å². The summed E-state index contributed by atoms with van der Waals surface area (Å²) in [5.74, 6) is 0.690. The summed E-state index contributed by atoms with van der Waals surface area (Å²) in [4.78, 5) is 20.1. The Bertz CT molecular complexity index is 955. The Labute approximate surface area is 169 Å². The molecule has 158 valence electrons. The van der Waals surface area contributed by atoms with Gasteiger partial charge in [-0.3, -0.25) is 9.36 Å². The molecule has 3 atom stereocenters. The molecule has 3 saturated heterocycles. The molecule has 3 aliphatic rings. The highest BCUT2D eigenvalue weighted by atomic mass is 16.5. The number of ether oxygens (including phenoxy) is 2. The first kappa shape index (κ1) is 19.0. The van der Waals surface area contributed by atoms with Crippen LogP contribution in [-0.2, 0) is 16.5 Å².